The number of rotatable bonds is 2. The Bertz CT molecular complexity index is 282. The molecule has 0 aliphatic carbocycles. The quantitative estimate of drug-likeness (QED) is 0.765. The Kier molecular flexibility index (Phi) is 2.76. The predicted octanol–water partition coefficient (Wildman–Crippen LogP) is 1.92. The molecular weight excluding hydrogens is 174 g/mol. The molecule has 0 aliphatic heterocycles. The van der Waals surface area contributed by atoms with Crippen LogP contribution in [0.1, 0.15) is 12.6 Å². The lowest BCUT2D eigenvalue weighted by Crippen LogP contribution is -1.99. The molecule has 0 aromatic carbocycles. The smallest absolute Gasteiger partial charge is 0.0823 e. The lowest BCUT2D eigenvalue weighted by molar-refractivity contribution is 0.671. The molecule has 0 bridgehead atoms. The summed E-state index contributed by atoms with van der Waals surface area (Å²) in [6.45, 7) is 4.52. The maximum Gasteiger partial charge on any atom is 0.0823 e. The van der Waals surface area contributed by atoms with Crippen LogP contribution in [0.4, 0.5) is 5.69 Å². The van der Waals surface area contributed by atoms with E-state index in [9.17, 15) is 0 Å². The molecule has 0 spiro atoms. The van der Waals surface area contributed by atoms with Crippen molar-refractivity contribution in [2.24, 2.45) is 0 Å². The van der Waals surface area contributed by atoms with Crippen LogP contribution < -0.4 is 5.73 Å². The minimum Gasteiger partial charge on any atom is -0.396 e. The monoisotopic (exact) mass is 185 g/mol. The van der Waals surface area contributed by atoms with Gasteiger partial charge in [-0.05, 0) is 19.4 Å². The van der Waals surface area contributed by atoms with Crippen LogP contribution in [0, 0.1) is 6.92 Å². The Labute approximate surface area is 76.8 Å². The molecule has 2 N–H and O–H groups in total. The molecule has 0 amide bonds. The van der Waals surface area contributed by atoms with Gasteiger partial charge >= 0.3 is 0 Å². The summed E-state index contributed by atoms with van der Waals surface area (Å²) < 4.78 is 1.78. The molecule has 1 aromatic rings. The Morgan fingerprint density at radius 1 is 1.83 bits per heavy atom. The second-order valence-electron chi connectivity index (χ2n) is 2.82. The average Bonchev–Trinajstić information content (AvgIpc) is 2.31. The number of allylic oxidation sites excluding steroid dienone is 1. The molecule has 4 heteroatoms. The maximum absolute atomic E-state index is 5.62. The van der Waals surface area contributed by atoms with E-state index in [1.165, 1.54) is 0 Å². The number of hydrogen-bond acceptors (Lipinski definition) is 2. The van der Waals surface area contributed by atoms with E-state index in [0.29, 0.717) is 6.54 Å². The van der Waals surface area contributed by atoms with Gasteiger partial charge in [0.25, 0.3) is 0 Å². The molecule has 3 nitrogen and oxygen atoms in total. The van der Waals surface area contributed by atoms with E-state index < -0.39 is 0 Å². The zero-order valence-electron chi connectivity index (χ0n) is 7.21. The summed E-state index contributed by atoms with van der Waals surface area (Å²) >= 11 is 5.51. The molecule has 0 saturated carbocycles. The number of halogens is 1. The van der Waals surface area contributed by atoms with Gasteiger partial charge in [0.2, 0.25) is 0 Å². The SMILES string of the molecule is C/C(=C\Cl)Cn1cc(N)c(C)n1. The van der Waals surface area contributed by atoms with Crippen LogP contribution in [0.25, 0.3) is 0 Å². The summed E-state index contributed by atoms with van der Waals surface area (Å²) in [5.41, 5.74) is 9.80. The molecule has 12 heavy (non-hydrogen) atoms. The second-order valence-corrected chi connectivity index (χ2v) is 3.04. The van der Waals surface area contributed by atoms with Crippen molar-refractivity contribution >= 4 is 17.3 Å². The normalized spacial score (nSPS) is 12.1. The maximum atomic E-state index is 5.62. The van der Waals surface area contributed by atoms with Crippen molar-refractivity contribution in [1.29, 1.82) is 0 Å². The Morgan fingerprint density at radius 2 is 2.50 bits per heavy atom. The number of aryl methyl sites for hydroxylation is 1. The first-order valence-electron chi connectivity index (χ1n) is 3.69. The molecule has 1 aromatic heterocycles. The zero-order chi connectivity index (χ0) is 9.14. The van der Waals surface area contributed by atoms with E-state index in [0.717, 1.165) is 17.0 Å². The van der Waals surface area contributed by atoms with E-state index in [1.807, 2.05) is 13.8 Å². The van der Waals surface area contributed by atoms with Crippen molar-refractivity contribution in [3.8, 4) is 0 Å². The van der Waals surface area contributed by atoms with E-state index in [1.54, 1.807) is 16.4 Å². The van der Waals surface area contributed by atoms with Crippen LogP contribution in [0.2, 0.25) is 0 Å². The molecular formula is C8H12ClN3. The lowest BCUT2D eigenvalue weighted by atomic mass is 10.3. The van der Waals surface area contributed by atoms with E-state index in [4.69, 9.17) is 17.3 Å². The van der Waals surface area contributed by atoms with Crippen LogP contribution >= 0.6 is 11.6 Å². The minimum atomic E-state index is 0.696. The van der Waals surface area contributed by atoms with Crippen molar-refractivity contribution in [2.45, 2.75) is 20.4 Å². The summed E-state index contributed by atoms with van der Waals surface area (Å²) in [7, 11) is 0. The van der Waals surface area contributed by atoms with Gasteiger partial charge in [-0.25, -0.2) is 0 Å². The number of nitrogens with zero attached hydrogens (tertiary/aromatic N) is 2. The topological polar surface area (TPSA) is 43.8 Å². The van der Waals surface area contributed by atoms with Gasteiger partial charge in [0.1, 0.15) is 0 Å². The van der Waals surface area contributed by atoms with Gasteiger partial charge in [-0.1, -0.05) is 11.6 Å². The average molecular weight is 186 g/mol. The highest BCUT2D eigenvalue weighted by Crippen LogP contribution is 2.08. The highest BCUT2D eigenvalue weighted by molar-refractivity contribution is 6.25. The van der Waals surface area contributed by atoms with Gasteiger partial charge < -0.3 is 5.73 Å². The van der Waals surface area contributed by atoms with Gasteiger partial charge in [-0.3, -0.25) is 4.68 Å². The van der Waals surface area contributed by atoms with Crippen molar-refractivity contribution in [3.05, 3.63) is 23.0 Å². The first kappa shape index (κ1) is 9.13. The highest BCUT2D eigenvalue weighted by atomic mass is 35.5. The van der Waals surface area contributed by atoms with Gasteiger partial charge in [0.15, 0.2) is 0 Å². The minimum absolute atomic E-state index is 0.696. The van der Waals surface area contributed by atoms with Crippen molar-refractivity contribution in [3.63, 3.8) is 0 Å². The predicted molar refractivity (Wildman–Crippen MR) is 51.0 cm³/mol. The van der Waals surface area contributed by atoms with Crippen LogP contribution in [0.5, 0.6) is 0 Å². The third-order valence-corrected chi connectivity index (χ3v) is 1.95. The molecule has 1 rings (SSSR count). The van der Waals surface area contributed by atoms with Crippen molar-refractivity contribution in [1.82, 2.24) is 9.78 Å². The third kappa shape index (κ3) is 2.01. The molecule has 0 saturated heterocycles. The number of aromatic nitrogens is 2. The summed E-state index contributed by atoms with van der Waals surface area (Å²) in [4.78, 5) is 0. The second kappa shape index (κ2) is 3.63. The molecule has 1 heterocycles. The van der Waals surface area contributed by atoms with Crippen molar-refractivity contribution in [2.75, 3.05) is 5.73 Å². The summed E-state index contributed by atoms with van der Waals surface area (Å²) in [6.07, 6.45) is 1.80. The van der Waals surface area contributed by atoms with Gasteiger partial charge in [0, 0.05) is 11.7 Å². The number of anilines is 1. The summed E-state index contributed by atoms with van der Waals surface area (Å²) in [5.74, 6) is 0. The Hall–Kier alpha value is -0.960. The first-order valence-corrected chi connectivity index (χ1v) is 4.12. The number of hydrogen-bond donors (Lipinski definition) is 1. The standard InChI is InChI=1S/C8H12ClN3/c1-6(3-9)4-12-5-8(10)7(2)11-12/h3,5H,4,10H2,1-2H3/b6-3+. The zero-order valence-corrected chi connectivity index (χ0v) is 7.97. The molecule has 0 unspecified atom stereocenters. The van der Waals surface area contributed by atoms with Crippen LogP contribution in [0.3, 0.4) is 0 Å². The fraction of sp³-hybridized carbons (Fsp3) is 0.375. The van der Waals surface area contributed by atoms with Crippen LogP contribution in [0.15, 0.2) is 17.3 Å². The van der Waals surface area contributed by atoms with Gasteiger partial charge in [0.05, 0.1) is 17.9 Å². The Balaban J connectivity index is 2.77. The van der Waals surface area contributed by atoms with Crippen molar-refractivity contribution < 1.29 is 0 Å². The lowest BCUT2D eigenvalue weighted by Gasteiger charge is -1.98. The largest absolute Gasteiger partial charge is 0.396 e. The molecule has 66 valence electrons. The van der Waals surface area contributed by atoms with Gasteiger partial charge in [-0.15, -0.1) is 0 Å². The Morgan fingerprint density at radius 3 is 2.92 bits per heavy atom. The first-order chi connectivity index (χ1) is 5.63. The van der Waals surface area contributed by atoms with Crippen LogP contribution in [-0.2, 0) is 6.54 Å². The van der Waals surface area contributed by atoms with Crippen LogP contribution in [-0.4, -0.2) is 9.78 Å². The summed E-state index contributed by atoms with van der Waals surface area (Å²) in [5, 5.41) is 4.19. The van der Waals surface area contributed by atoms with Gasteiger partial charge in [-0.2, -0.15) is 5.10 Å². The molecule has 0 fully saturated rings. The highest BCUT2D eigenvalue weighted by Gasteiger charge is 1.99. The van der Waals surface area contributed by atoms with E-state index in [2.05, 4.69) is 5.10 Å². The molecule has 0 radical (unpaired) electrons. The summed E-state index contributed by atoms with van der Waals surface area (Å²) in [6, 6.07) is 0. The number of nitrogens with two attached hydrogens (primary N) is 1. The third-order valence-electron chi connectivity index (χ3n) is 1.58. The number of nitrogen functional groups attached to an aromatic ring is 1. The fourth-order valence-corrected chi connectivity index (χ4v) is 0.973. The van der Waals surface area contributed by atoms with E-state index in [-0.39, 0.29) is 0 Å². The molecule has 0 atom stereocenters. The molecule has 0 aliphatic rings. The van der Waals surface area contributed by atoms with E-state index >= 15 is 0 Å². The fourth-order valence-electron chi connectivity index (χ4n) is 0.904.